The summed E-state index contributed by atoms with van der Waals surface area (Å²) in [7, 11) is 1.89. The molecule has 0 saturated heterocycles. The molecule has 1 amide bonds. The van der Waals surface area contributed by atoms with E-state index in [-0.39, 0.29) is 6.09 Å². The Morgan fingerprint density at radius 1 is 1.35 bits per heavy atom. The summed E-state index contributed by atoms with van der Waals surface area (Å²) in [4.78, 5) is 14.1. The molecule has 122 valence electrons. The Bertz CT molecular complexity index is 771. The number of hydrogen-bond acceptors (Lipinski definition) is 4. The lowest BCUT2D eigenvalue weighted by Gasteiger charge is -2.31. The fraction of sp³-hybridized carbons (Fsp3) is 0.412. The lowest BCUT2D eigenvalue weighted by atomic mass is 10.1. The van der Waals surface area contributed by atoms with Gasteiger partial charge in [0.1, 0.15) is 18.5 Å². The number of carbonyl (C=O) groups is 1. The van der Waals surface area contributed by atoms with Crippen molar-refractivity contribution in [1.29, 1.82) is 0 Å². The number of aryl methyl sites for hydroxylation is 1. The second-order valence-electron chi connectivity index (χ2n) is 6.51. The van der Waals surface area contributed by atoms with Crippen LogP contribution >= 0.6 is 0 Å². The number of fused-ring (bicyclic) bond motifs is 1. The van der Waals surface area contributed by atoms with Crippen molar-refractivity contribution in [2.45, 2.75) is 26.4 Å². The first-order chi connectivity index (χ1) is 10.9. The minimum atomic E-state index is -0.541. The van der Waals surface area contributed by atoms with Gasteiger partial charge < -0.3 is 9.47 Å². The van der Waals surface area contributed by atoms with E-state index in [0.717, 1.165) is 16.5 Å². The normalized spacial score (nSPS) is 15.3. The highest BCUT2D eigenvalue weighted by Crippen LogP contribution is 2.30. The summed E-state index contributed by atoms with van der Waals surface area (Å²) < 4.78 is 12.8. The number of rotatable bonds is 1. The highest BCUT2D eigenvalue weighted by Gasteiger charge is 2.28. The largest absolute Gasteiger partial charge is 0.497 e. The molecule has 23 heavy (non-hydrogen) atoms. The van der Waals surface area contributed by atoms with Gasteiger partial charge in [0.2, 0.25) is 0 Å². The lowest BCUT2D eigenvalue weighted by Crippen LogP contribution is -2.39. The number of amides is 1. The molecule has 1 aliphatic heterocycles. The summed E-state index contributed by atoms with van der Waals surface area (Å²) in [5.41, 5.74) is 2.06. The van der Waals surface area contributed by atoms with E-state index in [4.69, 9.17) is 9.47 Å². The van der Waals surface area contributed by atoms with Gasteiger partial charge in [0.25, 0.3) is 0 Å². The van der Waals surface area contributed by atoms with Crippen molar-refractivity contribution >= 4 is 22.7 Å². The molecule has 0 radical (unpaired) electrons. The van der Waals surface area contributed by atoms with Crippen LogP contribution in [0.15, 0.2) is 30.7 Å². The maximum absolute atomic E-state index is 12.5. The zero-order valence-corrected chi connectivity index (χ0v) is 13.9. The summed E-state index contributed by atoms with van der Waals surface area (Å²) in [5.74, 6) is 0. The molecular formula is C17H21N3O3. The van der Waals surface area contributed by atoms with Crippen molar-refractivity contribution in [3.8, 4) is 0 Å². The zero-order chi connectivity index (χ0) is 16.6. The lowest BCUT2D eigenvalue weighted by molar-refractivity contribution is 0.0296. The van der Waals surface area contributed by atoms with Gasteiger partial charge in [0.15, 0.2) is 0 Å². The average molecular weight is 315 g/mol. The van der Waals surface area contributed by atoms with E-state index in [1.54, 1.807) is 22.0 Å². The van der Waals surface area contributed by atoms with Crippen LogP contribution in [0.3, 0.4) is 0 Å². The highest BCUT2D eigenvalue weighted by atomic mass is 16.6. The van der Waals surface area contributed by atoms with Crippen LogP contribution in [0.1, 0.15) is 26.3 Å². The van der Waals surface area contributed by atoms with Crippen LogP contribution < -0.4 is 0 Å². The Labute approximate surface area is 135 Å². The third-order valence-electron chi connectivity index (χ3n) is 3.60. The minimum Gasteiger partial charge on any atom is -0.497 e. The summed E-state index contributed by atoms with van der Waals surface area (Å²) in [6, 6.07) is 5.90. The van der Waals surface area contributed by atoms with Crippen molar-refractivity contribution in [2.75, 3.05) is 13.2 Å². The average Bonchev–Trinajstić information content (AvgIpc) is 2.87. The third-order valence-corrected chi connectivity index (χ3v) is 3.60. The molecule has 6 heteroatoms. The topological polar surface area (TPSA) is 56.6 Å². The van der Waals surface area contributed by atoms with Gasteiger partial charge in [-0.2, -0.15) is 5.10 Å². The molecule has 0 spiro atoms. The van der Waals surface area contributed by atoms with Crippen LogP contribution in [0.5, 0.6) is 0 Å². The van der Waals surface area contributed by atoms with E-state index >= 15 is 0 Å². The van der Waals surface area contributed by atoms with Crippen molar-refractivity contribution in [3.63, 3.8) is 0 Å². The van der Waals surface area contributed by atoms with E-state index in [1.807, 2.05) is 46.0 Å². The molecule has 1 aromatic carbocycles. The first-order valence-corrected chi connectivity index (χ1v) is 7.60. The molecular weight excluding hydrogens is 294 g/mol. The third kappa shape index (κ3) is 3.02. The first kappa shape index (κ1) is 15.4. The highest BCUT2D eigenvalue weighted by molar-refractivity contribution is 5.94. The summed E-state index contributed by atoms with van der Waals surface area (Å²) in [6.07, 6.45) is 3.05. The van der Waals surface area contributed by atoms with Gasteiger partial charge in [0.05, 0.1) is 24.0 Å². The second-order valence-corrected chi connectivity index (χ2v) is 6.51. The molecule has 0 fully saturated rings. The van der Waals surface area contributed by atoms with Crippen molar-refractivity contribution in [3.05, 3.63) is 36.2 Å². The summed E-state index contributed by atoms with van der Waals surface area (Å²) in [5, 5.41) is 5.27. The second kappa shape index (κ2) is 5.61. The maximum Gasteiger partial charge on any atom is 0.415 e. The van der Waals surface area contributed by atoms with Gasteiger partial charge in [-0.05, 0) is 26.8 Å². The fourth-order valence-corrected chi connectivity index (χ4v) is 2.58. The molecule has 6 nitrogen and oxygen atoms in total. The van der Waals surface area contributed by atoms with Crippen molar-refractivity contribution in [2.24, 2.45) is 7.05 Å². The monoisotopic (exact) mass is 315 g/mol. The van der Waals surface area contributed by atoms with Crippen LogP contribution in [0.2, 0.25) is 0 Å². The van der Waals surface area contributed by atoms with E-state index in [9.17, 15) is 4.79 Å². The number of nitrogens with zero attached hydrogens (tertiary/aromatic N) is 3. The molecule has 0 atom stereocenters. The molecule has 1 aromatic heterocycles. The van der Waals surface area contributed by atoms with Crippen LogP contribution in [0.4, 0.5) is 4.79 Å². The Balaban J connectivity index is 2.01. The van der Waals surface area contributed by atoms with Gasteiger partial charge >= 0.3 is 6.09 Å². The molecule has 3 rings (SSSR count). The molecule has 0 N–H and O–H groups in total. The van der Waals surface area contributed by atoms with Crippen LogP contribution in [-0.2, 0) is 16.5 Å². The number of benzene rings is 1. The van der Waals surface area contributed by atoms with E-state index < -0.39 is 5.60 Å². The van der Waals surface area contributed by atoms with Gasteiger partial charge in [-0.15, -0.1) is 0 Å². The van der Waals surface area contributed by atoms with Crippen molar-refractivity contribution in [1.82, 2.24) is 14.7 Å². The Morgan fingerprint density at radius 3 is 2.87 bits per heavy atom. The summed E-state index contributed by atoms with van der Waals surface area (Å²) >= 11 is 0. The van der Waals surface area contributed by atoms with Gasteiger partial charge in [-0.1, -0.05) is 12.1 Å². The Morgan fingerprint density at radius 2 is 2.13 bits per heavy atom. The van der Waals surface area contributed by atoms with Gasteiger partial charge in [0, 0.05) is 18.0 Å². The molecule has 2 aromatic rings. The first-order valence-electron chi connectivity index (χ1n) is 7.60. The van der Waals surface area contributed by atoms with Gasteiger partial charge in [-0.25, -0.2) is 4.79 Å². The Hall–Kier alpha value is -2.50. The molecule has 1 aliphatic rings. The molecule has 0 aliphatic carbocycles. The molecule has 0 unspecified atom stereocenters. The Kier molecular flexibility index (Phi) is 3.75. The molecule has 0 saturated carbocycles. The zero-order valence-electron chi connectivity index (χ0n) is 13.9. The molecule has 0 bridgehead atoms. The van der Waals surface area contributed by atoms with Crippen molar-refractivity contribution < 1.29 is 14.3 Å². The van der Waals surface area contributed by atoms with E-state index in [1.165, 1.54) is 0 Å². The van der Waals surface area contributed by atoms with E-state index in [2.05, 4.69) is 5.10 Å². The SMILES string of the molecule is Cn1ncc2c(C3=COCCN3C(=O)OC(C)(C)C)cccc21. The number of hydrogen-bond donors (Lipinski definition) is 0. The summed E-state index contributed by atoms with van der Waals surface area (Å²) in [6.45, 7) is 6.48. The predicted molar refractivity (Wildman–Crippen MR) is 87.6 cm³/mol. The maximum atomic E-state index is 12.5. The van der Waals surface area contributed by atoms with E-state index in [0.29, 0.717) is 18.8 Å². The van der Waals surface area contributed by atoms with Crippen LogP contribution in [-0.4, -0.2) is 39.5 Å². The fourth-order valence-electron chi connectivity index (χ4n) is 2.58. The van der Waals surface area contributed by atoms with Crippen LogP contribution in [0.25, 0.3) is 16.6 Å². The molecule has 2 heterocycles. The number of aromatic nitrogens is 2. The predicted octanol–water partition coefficient (Wildman–Crippen LogP) is 3.14. The number of ether oxygens (including phenoxy) is 2. The minimum absolute atomic E-state index is 0.368. The smallest absolute Gasteiger partial charge is 0.415 e. The van der Waals surface area contributed by atoms with Gasteiger partial charge in [-0.3, -0.25) is 9.58 Å². The standard InChI is InChI=1S/C17H21N3O3/c1-17(2,3)23-16(21)20-8-9-22-11-15(20)12-6-5-7-14-13(12)10-18-19(14)4/h5-7,10-11H,8-9H2,1-4H3. The quantitative estimate of drug-likeness (QED) is 0.811. The number of carbonyl (C=O) groups excluding carboxylic acids is 1. The van der Waals surface area contributed by atoms with Crippen LogP contribution in [0, 0.1) is 0 Å².